The lowest BCUT2D eigenvalue weighted by atomic mass is 9.91. The largest absolute Gasteiger partial charge is 0.418 e. The fraction of sp³-hybridized carbons (Fsp3) is 0.600. The molecule has 1 N–H and O–H groups in total. The van der Waals surface area contributed by atoms with E-state index >= 15 is 0 Å². The van der Waals surface area contributed by atoms with Crippen LogP contribution in [-0.4, -0.2) is 53.4 Å². The fourth-order valence-electron chi connectivity index (χ4n) is 3.37. The van der Waals surface area contributed by atoms with Crippen LogP contribution < -0.4 is 4.90 Å². The van der Waals surface area contributed by atoms with Gasteiger partial charge in [-0.25, -0.2) is 0 Å². The molecule has 130 valence electrons. The summed E-state index contributed by atoms with van der Waals surface area (Å²) in [6, 6.07) is 2.94. The number of nitrogens with zero attached hydrogens (tertiary/aromatic N) is 3. The summed E-state index contributed by atoms with van der Waals surface area (Å²) in [5.74, 6) is -0.305. The normalized spacial score (nSPS) is 29.0. The van der Waals surface area contributed by atoms with Crippen LogP contribution in [0.3, 0.4) is 0 Å². The molecule has 24 heavy (non-hydrogen) atoms. The van der Waals surface area contributed by atoms with E-state index in [0.717, 1.165) is 0 Å². The molecule has 0 saturated carbocycles. The maximum Gasteiger partial charge on any atom is 0.418 e. The van der Waals surface area contributed by atoms with Crippen molar-refractivity contribution in [1.82, 2.24) is 4.90 Å². The van der Waals surface area contributed by atoms with Crippen LogP contribution in [0.15, 0.2) is 11.4 Å². The second kappa shape index (κ2) is 6.02. The van der Waals surface area contributed by atoms with Crippen molar-refractivity contribution in [3.63, 3.8) is 0 Å². The maximum absolute atomic E-state index is 13.1. The average molecular weight is 359 g/mol. The van der Waals surface area contributed by atoms with Gasteiger partial charge in [0.15, 0.2) is 5.60 Å². The number of halogens is 3. The minimum Gasteiger partial charge on any atom is -0.379 e. The maximum atomic E-state index is 13.1. The Balaban J connectivity index is 1.77. The highest BCUT2D eigenvalue weighted by Crippen LogP contribution is 2.39. The Morgan fingerprint density at radius 1 is 1.42 bits per heavy atom. The van der Waals surface area contributed by atoms with Gasteiger partial charge in [0.25, 0.3) is 0 Å². The molecular weight excluding hydrogens is 343 g/mol. The van der Waals surface area contributed by atoms with Crippen molar-refractivity contribution in [2.75, 3.05) is 24.5 Å². The Hall–Kier alpha value is -1.63. The van der Waals surface area contributed by atoms with Gasteiger partial charge < -0.3 is 10.0 Å². The number of piperidine rings is 1. The second-order valence-electron chi connectivity index (χ2n) is 6.15. The molecule has 1 aromatic heterocycles. The fourth-order valence-corrected chi connectivity index (χ4v) is 4.25. The van der Waals surface area contributed by atoms with Crippen molar-refractivity contribution in [2.24, 2.45) is 0 Å². The molecule has 2 aliphatic heterocycles. The van der Waals surface area contributed by atoms with E-state index in [1.165, 1.54) is 21.1 Å². The minimum atomic E-state index is -4.71. The molecule has 3 rings (SSSR count). The number of thiophene rings is 1. The molecule has 0 bridgehead atoms. The lowest BCUT2D eigenvalue weighted by molar-refractivity contribution is -0.275. The van der Waals surface area contributed by atoms with Crippen LogP contribution in [0, 0.1) is 11.3 Å². The van der Waals surface area contributed by atoms with E-state index in [2.05, 4.69) is 0 Å². The molecule has 2 atom stereocenters. The first-order valence-electron chi connectivity index (χ1n) is 7.59. The van der Waals surface area contributed by atoms with Crippen LogP contribution in [-0.2, 0) is 4.79 Å². The van der Waals surface area contributed by atoms with Crippen molar-refractivity contribution in [1.29, 1.82) is 5.26 Å². The standard InChI is InChI=1S/C15H16F3N3O2S/c16-15(17,18)14(23)4-1-5-20(9-14)11-2-6-21(12(11)22)13-10(8-19)3-7-24-13/h3,7,11,23H,1-2,4-6,9H2. The first-order chi connectivity index (χ1) is 11.3. The van der Waals surface area contributed by atoms with E-state index in [0.29, 0.717) is 30.1 Å². The van der Waals surface area contributed by atoms with Crippen LogP contribution in [0.2, 0.25) is 0 Å². The smallest absolute Gasteiger partial charge is 0.379 e. The number of amides is 1. The molecule has 2 unspecified atom stereocenters. The van der Waals surface area contributed by atoms with E-state index in [1.807, 2.05) is 6.07 Å². The zero-order valence-corrected chi connectivity index (χ0v) is 13.5. The molecule has 0 aliphatic carbocycles. The van der Waals surface area contributed by atoms with Crippen LogP contribution in [0.1, 0.15) is 24.8 Å². The monoisotopic (exact) mass is 359 g/mol. The first kappa shape index (κ1) is 17.2. The molecule has 9 heteroatoms. The molecule has 0 radical (unpaired) electrons. The molecule has 1 amide bonds. The summed E-state index contributed by atoms with van der Waals surface area (Å²) in [7, 11) is 0. The van der Waals surface area contributed by atoms with Crippen molar-refractivity contribution in [2.45, 2.75) is 37.1 Å². The Morgan fingerprint density at radius 3 is 2.83 bits per heavy atom. The molecule has 1 aromatic rings. The van der Waals surface area contributed by atoms with Crippen LogP contribution in [0.25, 0.3) is 0 Å². The van der Waals surface area contributed by atoms with Gasteiger partial charge in [0, 0.05) is 13.1 Å². The number of nitriles is 1. The summed E-state index contributed by atoms with van der Waals surface area (Å²) in [5.41, 5.74) is -2.38. The number of hydrogen-bond donors (Lipinski definition) is 1. The highest BCUT2D eigenvalue weighted by molar-refractivity contribution is 7.14. The number of hydrogen-bond acceptors (Lipinski definition) is 5. The van der Waals surface area contributed by atoms with E-state index < -0.39 is 24.4 Å². The van der Waals surface area contributed by atoms with Gasteiger partial charge in [0.05, 0.1) is 11.6 Å². The van der Waals surface area contributed by atoms with Crippen molar-refractivity contribution in [3.8, 4) is 6.07 Å². The Kier molecular flexibility index (Phi) is 4.32. The van der Waals surface area contributed by atoms with Gasteiger partial charge in [-0.3, -0.25) is 9.69 Å². The molecule has 0 aromatic carbocycles. The predicted octanol–water partition coefficient (Wildman–Crippen LogP) is 2.11. The zero-order chi connectivity index (χ0) is 17.5. The third kappa shape index (κ3) is 2.79. The number of likely N-dealkylation sites (tertiary alicyclic amines) is 1. The van der Waals surface area contributed by atoms with Crippen LogP contribution in [0.4, 0.5) is 18.2 Å². The molecule has 2 aliphatic rings. The number of alkyl halides is 3. The van der Waals surface area contributed by atoms with Gasteiger partial charge in [0.1, 0.15) is 11.1 Å². The number of β-amino-alcohol motifs (C(OH)–C–C–N with tert-alkyl or cyclic N) is 1. The highest BCUT2D eigenvalue weighted by atomic mass is 32.1. The summed E-state index contributed by atoms with van der Waals surface area (Å²) in [6.45, 7) is 0.119. The molecule has 3 heterocycles. The van der Waals surface area contributed by atoms with Crippen molar-refractivity contribution in [3.05, 3.63) is 17.0 Å². The summed E-state index contributed by atoms with van der Waals surface area (Å²) in [6.07, 6.45) is -4.49. The quantitative estimate of drug-likeness (QED) is 0.878. The predicted molar refractivity (Wildman–Crippen MR) is 81.6 cm³/mol. The zero-order valence-electron chi connectivity index (χ0n) is 12.7. The summed E-state index contributed by atoms with van der Waals surface area (Å²) < 4.78 is 39.2. The topological polar surface area (TPSA) is 67.6 Å². The average Bonchev–Trinajstić information content (AvgIpc) is 3.12. The molecule has 0 spiro atoms. The Morgan fingerprint density at radius 2 is 2.17 bits per heavy atom. The molecular formula is C15H16F3N3O2S. The van der Waals surface area contributed by atoms with Crippen molar-refractivity contribution < 1.29 is 23.1 Å². The number of rotatable bonds is 2. The number of anilines is 1. The number of aliphatic hydroxyl groups is 1. The SMILES string of the molecule is N#Cc1ccsc1N1CCC(N2CCCC(O)(C(F)(F)F)C2)C1=O. The summed E-state index contributed by atoms with van der Waals surface area (Å²) >= 11 is 1.26. The molecule has 5 nitrogen and oxygen atoms in total. The van der Waals surface area contributed by atoms with Gasteiger partial charge in [-0.2, -0.15) is 18.4 Å². The van der Waals surface area contributed by atoms with Crippen LogP contribution in [0.5, 0.6) is 0 Å². The minimum absolute atomic E-state index is 0.183. The third-order valence-corrected chi connectivity index (χ3v) is 5.59. The van der Waals surface area contributed by atoms with E-state index in [-0.39, 0.29) is 18.7 Å². The Labute approximate surface area is 140 Å². The van der Waals surface area contributed by atoms with Gasteiger partial charge in [0.2, 0.25) is 5.91 Å². The van der Waals surface area contributed by atoms with Gasteiger partial charge in [-0.1, -0.05) is 0 Å². The van der Waals surface area contributed by atoms with Gasteiger partial charge in [-0.15, -0.1) is 11.3 Å². The number of carbonyl (C=O) groups is 1. The molecule has 2 fully saturated rings. The number of carbonyl (C=O) groups excluding carboxylic acids is 1. The second-order valence-corrected chi connectivity index (χ2v) is 7.04. The van der Waals surface area contributed by atoms with E-state index in [4.69, 9.17) is 5.26 Å². The Bertz CT molecular complexity index is 684. The van der Waals surface area contributed by atoms with E-state index in [9.17, 15) is 23.1 Å². The lowest BCUT2D eigenvalue weighted by Gasteiger charge is -2.41. The van der Waals surface area contributed by atoms with E-state index in [1.54, 1.807) is 11.4 Å². The van der Waals surface area contributed by atoms with Gasteiger partial charge >= 0.3 is 6.18 Å². The third-order valence-electron chi connectivity index (χ3n) is 4.66. The summed E-state index contributed by atoms with van der Waals surface area (Å²) in [4.78, 5) is 15.5. The first-order valence-corrected chi connectivity index (χ1v) is 8.47. The van der Waals surface area contributed by atoms with Gasteiger partial charge in [-0.05, 0) is 37.3 Å². The van der Waals surface area contributed by atoms with Crippen molar-refractivity contribution >= 4 is 22.2 Å². The summed E-state index contributed by atoms with van der Waals surface area (Å²) in [5, 5.41) is 21.2. The lowest BCUT2D eigenvalue weighted by Crippen LogP contribution is -2.60. The van der Waals surface area contributed by atoms with Crippen LogP contribution >= 0.6 is 11.3 Å². The molecule has 2 saturated heterocycles. The highest BCUT2D eigenvalue weighted by Gasteiger charge is 2.56.